The van der Waals surface area contributed by atoms with Gasteiger partial charge in [-0.2, -0.15) is 0 Å². The number of likely N-dealkylation sites (tertiary alicyclic amines) is 1. The summed E-state index contributed by atoms with van der Waals surface area (Å²) in [5.74, 6) is 0.742. The number of nitrogens with zero attached hydrogens (tertiary/aromatic N) is 3. The highest BCUT2D eigenvalue weighted by atomic mass is 35.5. The van der Waals surface area contributed by atoms with E-state index in [4.69, 9.17) is 4.84 Å². The first-order valence-corrected chi connectivity index (χ1v) is 7.08. The highest BCUT2D eigenvalue weighted by Gasteiger charge is 2.24. The van der Waals surface area contributed by atoms with Crippen LogP contribution in [0.2, 0.25) is 0 Å². The Labute approximate surface area is 130 Å². The van der Waals surface area contributed by atoms with Gasteiger partial charge in [-0.1, -0.05) is 5.16 Å². The maximum absolute atomic E-state index is 9.53. The monoisotopic (exact) mass is 312 g/mol. The molecule has 3 rings (SSSR count). The van der Waals surface area contributed by atoms with Gasteiger partial charge in [-0.15, -0.1) is 12.4 Å². The Morgan fingerprint density at radius 3 is 2.90 bits per heavy atom. The van der Waals surface area contributed by atoms with E-state index in [-0.39, 0.29) is 24.6 Å². The van der Waals surface area contributed by atoms with Crippen molar-refractivity contribution < 1.29 is 9.94 Å². The van der Waals surface area contributed by atoms with Crippen molar-refractivity contribution in [3.8, 4) is 0 Å². The predicted octanol–water partition coefficient (Wildman–Crippen LogP) is 0.610. The molecule has 0 amide bonds. The lowest BCUT2D eigenvalue weighted by atomic mass is 10.1. The standard InChI is InChI=1S/C14H20N4O2.ClH/c19-13-3-6-18(7-4-13)9-12-10-20-17-14(16-12)11-2-1-5-15-8-11;/h1-2,5,8,12-13,19H,3-4,6-7,9-10H2,(H,16,17);1H. The van der Waals surface area contributed by atoms with Crippen LogP contribution >= 0.6 is 12.4 Å². The van der Waals surface area contributed by atoms with Crippen molar-refractivity contribution in [2.75, 3.05) is 26.2 Å². The molecule has 2 N–H and O–H groups in total. The van der Waals surface area contributed by atoms with Crippen LogP contribution in [0.15, 0.2) is 29.7 Å². The minimum atomic E-state index is -0.130. The summed E-state index contributed by atoms with van der Waals surface area (Å²) in [5, 5.41) is 17.0. The highest BCUT2D eigenvalue weighted by molar-refractivity contribution is 5.98. The Morgan fingerprint density at radius 1 is 1.38 bits per heavy atom. The van der Waals surface area contributed by atoms with Crippen molar-refractivity contribution in [1.29, 1.82) is 0 Å². The van der Waals surface area contributed by atoms with Crippen LogP contribution < -0.4 is 5.32 Å². The van der Waals surface area contributed by atoms with E-state index in [1.54, 1.807) is 12.4 Å². The van der Waals surface area contributed by atoms with E-state index in [0.717, 1.165) is 43.9 Å². The van der Waals surface area contributed by atoms with Gasteiger partial charge in [-0.25, -0.2) is 0 Å². The zero-order valence-corrected chi connectivity index (χ0v) is 12.6. The number of aromatic nitrogens is 1. The second-order valence-electron chi connectivity index (χ2n) is 5.35. The van der Waals surface area contributed by atoms with Gasteiger partial charge in [0, 0.05) is 37.6 Å². The number of piperidine rings is 1. The fourth-order valence-electron chi connectivity index (χ4n) is 2.60. The van der Waals surface area contributed by atoms with Gasteiger partial charge in [0.15, 0.2) is 5.84 Å². The van der Waals surface area contributed by atoms with Crippen molar-refractivity contribution in [2.45, 2.75) is 25.0 Å². The van der Waals surface area contributed by atoms with Gasteiger partial charge in [-0.05, 0) is 25.0 Å². The smallest absolute Gasteiger partial charge is 0.174 e. The minimum Gasteiger partial charge on any atom is -0.393 e. The molecule has 3 heterocycles. The summed E-state index contributed by atoms with van der Waals surface area (Å²) in [4.78, 5) is 11.8. The lowest BCUT2D eigenvalue weighted by Gasteiger charge is -2.33. The second kappa shape index (κ2) is 7.59. The van der Waals surface area contributed by atoms with E-state index in [1.807, 2.05) is 12.1 Å². The van der Waals surface area contributed by atoms with Crippen LogP contribution in [0.1, 0.15) is 18.4 Å². The first-order valence-electron chi connectivity index (χ1n) is 7.08. The third kappa shape index (κ3) is 4.30. The summed E-state index contributed by atoms with van der Waals surface area (Å²) in [5.41, 5.74) is 0.936. The van der Waals surface area contributed by atoms with Gasteiger partial charge in [0.1, 0.15) is 6.61 Å². The number of halogens is 1. The molecule has 1 fully saturated rings. The summed E-state index contributed by atoms with van der Waals surface area (Å²) in [6.45, 7) is 3.37. The number of oxime groups is 1. The number of aliphatic hydroxyl groups excluding tert-OH is 1. The molecule has 7 heteroatoms. The minimum absolute atomic E-state index is 0. The lowest BCUT2D eigenvalue weighted by molar-refractivity contribution is 0.0583. The van der Waals surface area contributed by atoms with E-state index >= 15 is 0 Å². The van der Waals surface area contributed by atoms with E-state index in [1.165, 1.54) is 0 Å². The Balaban J connectivity index is 0.00000161. The summed E-state index contributed by atoms with van der Waals surface area (Å²) in [7, 11) is 0. The van der Waals surface area contributed by atoms with Gasteiger partial charge >= 0.3 is 0 Å². The number of pyridine rings is 1. The third-order valence-electron chi connectivity index (χ3n) is 3.74. The molecule has 1 unspecified atom stereocenters. The van der Waals surface area contributed by atoms with E-state index in [2.05, 4.69) is 20.4 Å². The van der Waals surface area contributed by atoms with Crippen LogP contribution in [-0.2, 0) is 4.84 Å². The predicted molar refractivity (Wildman–Crippen MR) is 82.6 cm³/mol. The molecule has 1 aromatic rings. The first kappa shape index (κ1) is 16.0. The zero-order chi connectivity index (χ0) is 13.8. The Morgan fingerprint density at radius 2 is 2.19 bits per heavy atom. The molecular formula is C14H21ClN4O2. The molecule has 1 aromatic heterocycles. The summed E-state index contributed by atoms with van der Waals surface area (Å²) >= 11 is 0. The van der Waals surface area contributed by atoms with Crippen LogP contribution in [0.4, 0.5) is 0 Å². The summed E-state index contributed by atoms with van der Waals surface area (Å²) in [6, 6.07) is 4.06. The van der Waals surface area contributed by atoms with E-state index in [9.17, 15) is 5.11 Å². The average Bonchev–Trinajstić information content (AvgIpc) is 2.51. The quantitative estimate of drug-likeness (QED) is 0.856. The Bertz CT molecular complexity index is 463. The largest absolute Gasteiger partial charge is 0.393 e. The number of hydrogen-bond donors (Lipinski definition) is 2. The number of aliphatic hydroxyl groups is 1. The fraction of sp³-hybridized carbons (Fsp3) is 0.571. The van der Waals surface area contributed by atoms with Crippen LogP contribution in [0, 0.1) is 0 Å². The fourth-order valence-corrected chi connectivity index (χ4v) is 2.60. The van der Waals surface area contributed by atoms with Gasteiger partial charge in [-0.3, -0.25) is 4.98 Å². The maximum atomic E-state index is 9.53. The maximum Gasteiger partial charge on any atom is 0.174 e. The lowest BCUT2D eigenvalue weighted by Crippen LogP contribution is -2.50. The SMILES string of the molecule is Cl.OC1CCN(CC2CON=C(c3cccnc3)N2)CC1. The number of hydrogen-bond acceptors (Lipinski definition) is 6. The third-order valence-corrected chi connectivity index (χ3v) is 3.74. The van der Waals surface area contributed by atoms with Crippen molar-refractivity contribution in [3.05, 3.63) is 30.1 Å². The molecule has 0 spiro atoms. The molecule has 116 valence electrons. The molecule has 21 heavy (non-hydrogen) atoms. The van der Waals surface area contributed by atoms with Crippen molar-refractivity contribution in [3.63, 3.8) is 0 Å². The topological polar surface area (TPSA) is 70.0 Å². The van der Waals surface area contributed by atoms with Crippen molar-refractivity contribution in [2.24, 2.45) is 5.16 Å². The first-order chi connectivity index (χ1) is 9.81. The molecule has 0 bridgehead atoms. The number of rotatable bonds is 3. The van der Waals surface area contributed by atoms with Crippen LogP contribution in [0.5, 0.6) is 0 Å². The van der Waals surface area contributed by atoms with Crippen LogP contribution in [0.3, 0.4) is 0 Å². The van der Waals surface area contributed by atoms with Crippen molar-refractivity contribution in [1.82, 2.24) is 15.2 Å². The molecule has 2 aliphatic heterocycles. The van der Waals surface area contributed by atoms with E-state index in [0.29, 0.717) is 6.61 Å². The van der Waals surface area contributed by atoms with Crippen molar-refractivity contribution >= 4 is 18.2 Å². The zero-order valence-electron chi connectivity index (χ0n) is 11.8. The van der Waals surface area contributed by atoms with Gasteiger partial charge in [0.05, 0.1) is 12.1 Å². The number of nitrogens with one attached hydrogen (secondary N) is 1. The normalized spacial score (nSPS) is 23.5. The Hall–Kier alpha value is -1.37. The molecule has 0 aliphatic carbocycles. The van der Waals surface area contributed by atoms with E-state index < -0.39 is 0 Å². The van der Waals surface area contributed by atoms with Crippen LogP contribution in [-0.4, -0.2) is 59.2 Å². The van der Waals surface area contributed by atoms with Gasteiger partial charge < -0.3 is 20.2 Å². The van der Waals surface area contributed by atoms with Gasteiger partial charge in [0.2, 0.25) is 0 Å². The number of amidine groups is 1. The molecule has 2 aliphatic rings. The second-order valence-corrected chi connectivity index (χ2v) is 5.35. The molecule has 1 atom stereocenters. The molecule has 0 aromatic carbocycles. The van der Waals surface area contributed by atoms with Crippen LogP contribution in [0.25, 0.3) is 0 Å². The molecular weight excluding hydrogens is 292 g/mol. The average molecular weight is 313 g/mol. The highest BCUT2D eigenvalue weighted by Crippen LogP contribution is 2.12. The summed E-state index contributed by atoms with van der Waals surface area (Å²) < 4.78 is 0. The molecule has 6 nitrogen and oxygen atoms in total. The molecule has 1 saturated heterocycles. The Kier molecular flexibility index (Phi) is 5.78. The molecule has 0 radical (unpaired) electrons. The van der Waals surface area contributed by atoms with Gasteiger partial charge in [0.25, 0.3) is 0 Å². The molecule has 0 saturated carbocycles. The summed E-state index contributed by atoms with van der Waals surface area (Å²) in [6.07, 6.45) is 5.10.